The van der Waals surface area contributed by atoms with Crippen LogP contribution in [0.25, 0.3) is 11.2 Å². The van der Waals surface area contributed by atoms with Gasteiger partial charge in [0, 0.05) is 18.7 Å². The zero-order chi connectivity index (χ0) is 15.1. The van der Waals surface area contributed by atoms with Crippen LogP contribution < -0.4 is 5.73 Å². The van der Waals surface area contributed by atoms with E-state index in [0.717, 1.165) is 4.57 Å². The zero-order valence-electron chi connectivity index (χ0n) is 10.3. The number of alkyl halides is 3. The monoisotopic (exact) mass is 322 g/mol. The van der Waals surface area contributed by atoms with Gasteiger partial charge < -0.3 is 10.3 Å². The highest BCUT2D eigenvalue weighted by atomic mass is 35.5. The summed E-state index contributed by atoms with van der Waals surface area (Å²) in [7, 11) is 0. The molecule has 0 aromatic carbocycles. The van der Waals surface area contributed by atoms with Crippen LogP contribution >= 0.6 is 23.8 Å². The van der Waals surface area contributed by atoms with E-state index in [2.05, 4.69) is 9.97 Å². The van der Waals surface area contributed by atoms with Crippen molar-refractivity contribution in [2.24, 2.45) is 11.7 Å². The summed E-state index contributed by atoms with van der Waals surface area (Å²) in [5.41, 5.74) is 5.64. The Hall–Kier alpha value is -1.41. The van der Waals surface area contributed by atoms with E-state index in [1.54, 1.807) is 6.92 Å². The number of imidazole rings is 1. The number of hydrogen-bond acceptors (Lipinski definition) is 3. The van der Waals surface area contributed by atoms with Crippen molar-refractivity contribution in [3.63, 3.8) is 0 Å². The molecule has 2 heterocycles. The van der Waals surface area contributed by atoms with Crippen LogP contribution in [-0.2, 0) is 12.7 Å². The van der Waals surface area contributed by atoms with Gasteiger partial charge in [0.25, 0.3) is 0 Å². The number of aromatic nitrogens is 3. The van der Waals surface area contributed by atoms with Gasteiger partial charge in [0.15, 0.2) is 5.65 Å². The minimum Gasteiger partial charge on any atom is -0.393 e. The Morgan fingerprint density at radius 3 is 2.75 bits per heavy atom. The van der Waals surface area contributed by atoms with E-state index in [9.17, 15) is 13.2 Å². The molecule has 0 saturated heterocycles. The highest BCUT2D eigenvalue weighted by Crippen LogP contribution is 2.32. The molecule has 1 unspecified atom stereocenters. The molecule has 1 atom stereocenters. The second-order valence-corrected chi connectivity index (χ2v) is 5.25. The lowest BCUT2D eigenvalue weighted by atomic mass is 10.2. The van der Waals surface area contributed by atoms with Gasteiger partial charge in [-0.1, -0.05) is 30.7 Å². The predicted octanol–water partition coefficient (Wildman–Crippen LogP) is 3.03. The van der Waals surface area contributed by atoms with Crippen LogP contribution in [0, 0.1) is 5.92 Å². The van der Waals surface area contributed by atoms with Crippen molar-refractivity contribution in [3.8, 4) is 0 Å². The van der Waals surface area contributed by atoms with Gasteiger partial charge in [-0.05, 0) is 6.07 Å². The maximum Gasteiger partial charge on any atom is 0.449 e. The van der Waals surface area contributed by atoms with E-state index in [-0.39, 0.29) is 27.7 Å². The number of hydrogen-bond donors (Lipinski definition) is 1. The Morgan fingerprint density at radius 1 is 1.55 bits per heavy atom. The fourth-order valence-electron chi connectivity index (χ4n) is 1.74. The van der Waals surface area contributed by atoms with Gasteiger partial charge in [0.1, 0.15) is 5.52 Å². The highest BCUT2D eigenvalue weighted by molar-refractivity contribution is 7.80. The second-order valence-electron chi connectivity index (χ2n) is 4.34. The van der Waals surface area contributed by atoms with Crippen LogP contribution in [0.1, 0.15) is 12.7 Å². The number of rotatable bonds is 3. The summed E-state index contributed by atoms with van der Waals surface area (Å²) in [5.74, 6) is -1.45. The van der Waals surface area contributed by atoms with E-state index in [1.165, 1.54) is 12.3 Å². The third kappa shape index (κ3) is 2.85. The molecule has 4 nitrogen and oxygen atoms in total. The van der Waals surface area contributed by atoms with Crippen molar-refractivity contribution in [1.82, 2.24) is 14.5 Å². The molecule has 0 aliphatic heterocycles. The number of thiocarbonyl (C=S) groups is 1. The summed E-state index contributed by atoms with van der Waals surface area (Å²) < 4.78 is 40.1. The predicted molar refractivity (Wildman–Crippen MR) is 73.5 cm³/mol. The number of nitrogens with two attached hydrogens (primary N) is 1. The van der Waals surface area contributed by atoms with Crippen molar-refractivity contribution >= 4 is 40.0 Å². The minimum absolute atomic E-state index is 0.0463. The van der Waals surface area contributed by atoms with Crippen molar-refractivity contribution < 1.29 is 13.2 Å². The molecule has 9 heteroatoms. The van der Waals surface area contributed by atoms with Gasteiger partial charge in [-0.2, -0.15) is 13.2 Å². The summed E-state index contributed by atoms with van der Waals surface area (Å²) in [6, 6.07) is 1.33. The average Bonchev–Trinajstić information content (AvgIpc) is 2.66. The second kappa shape index (κ2) is 5.17. The molecular weight excluding hydrogens is 313 g/mol. The molecule has 0 aliphatic rings. The molecule has 0 bridgehead atoms. The summed E-state index contributed by atoms with van der Waals surface area (Å²) in [5, 5.41) is 0.221. The fourth-order valence-corrected chi connectivity index (χ4v) is 1.97. The highest BCUT2D eigenvalue weighted by Gasteiger charge is 2.38. The maximum absolute atomic E-state index is 13.0. The van der Waals surface area contributed by atoms with Crippen molar-refractivity contribution in [2.75, 3.05) is 0 Å². The van der Waals surface area contributed by atoms with Gasteiger partial charge in [0.05, 0.1) is 10.0 Å². The first-order valence-electron chi connectivity index (χ1n) is 5.58. The van der Waals surface area contributed by atoms with Gasteiger partial charge in [-0.15, -0.1) is 0 Å². The molecule has 0 amide bonds. The third-order valence-electron chi connectivity index (χ3n) is 2.75. The normalized spacial score (nSPS) is 13.7. The third-order valence-corrected chi connectivity index (χ3v) is 3.36. The van der Waals surface area contributed by atoms with Gasteiger partial charge >= 0.3 is 6.18 Å². The fraction of sp³-hybridized carbons (Fsp3) is 0.364. The summed E-state index contributed by atoms with van der Waals surface area (Å²) >= 11 is 10.5. The van der Waals surface area contributed by atoms with Crippen molar-refractivity contribution in [2.45, 2.75) is 19.6 Å². The largest absolute Gasteiger partial charge is 0.449 e. The van der Waals surface area contributed by atoms with Crippen LogP contribution in [0.3, 0.4) is 0 Å². The van der Waals surface area contributed by atoms with Gasteiger partial charge in [0.2, 0.25) is 5.82 Å². The Kier molecular flexibility index (Phi) is 3.88. The lowest BCUT2D eigenvalue weighted by Gasteiger charge is -2.14. The molecule has 2 aromatic heterocycles. The van der Waals surface area contributed by atoms with E-state index < -0.39 is 17.9 Å². The topological polar surface area (TPSA) is 56.7 Å². The van der Waals surface area contributed by atoms with Gasteiger partial charge in [-0.25, -0.2) is 9.97 Å². The lowest BCUT2D eigenvalue weighted by Crippen LogP contribution is -2.25. The molecule has 20 heavy (non-hydrogen) atoms. The SMILES string of the molecule is CC(Cn1c(C(F)(F)F)nc2cc(Cl)cnc21)C(N)=S. The molecule has 0 spiro atoms. The van der Waals surface area contributed by atoms with Crippen LogP contribution in [0.5, 0.6) is 0 Å². The number of fused-ring (bicyclic) bond motifs is 1. The molecule has 0 fully saturated rings. The maximum atomic E-state index is 13.0. The van der Waals surface area contributed by atoms with Crippen LogP contribution in [0.2, 0.25) is 5.02 Å². The quantitative estimate of drug-likeness (QED) is 0.883. The van der Waals surface area contributed by atoms with Crippen LogP contribution in [0.4, 0.5) is 13.2 Å². The number of pyridine rings is 1. The minimum atomic E-state index is -4.59. The van der Waals surface area contributed by atoms with E-state index in [1.807, 2.05) is 0 Å². The first kappa shape index (κ1) is 15.0. The van der Waals surface area contributed by atoms with Crippen molar-refractivity contribution in [1.29, 1.82) is 0 Å². The average molecular weight is 323 g/mol. The molecule has 2 aromatic rings. The summed E-state index contributed by atoms with van der Waals surface area (Å²) in [4.78, 5) is 7.61. The van der Waals surface area contributed by atoms with E-state index in [4.69, 9.17) is 29.6 Å². The van der Waals surface area contributed by atoms with Crippen LogP contribution in [-0.4, -0.2) is 19.5 Å². The first-order chi connectivity index (χ1) is 9.20. The Bertz CT molecular complexity index is 667. The smallest absolute Gasteiger partial charge is 0.393 e. The molecule has 0 aliphatic carbocycles. The van der Waals surface area contributed by atoms with Crippen LogP contribution in [0.15, 0.2) is 12.3 Å². The number of nitrogens with zero attached hydrogens (tertiary/aromatic N) is 3. The summed E-state index contributed by atoms with van der Waals surface area (Å²) in [6.07, 6.45) is -3.32. The Morgan fingerprint density at radius 2 is 2.20 bits per heavy atom. The Balaban J connectivity index is 2.62. The molecule has 108 valence electrons. The molecule has 2 N–H and O–H groups in total. The van der Waals surface area contributed by atoms with E-state index in [0.29, 0.717) is 0 Å². The molecule has 0 saturated carbocycles. The van der Waals surface area contributed by atoms with E-state index >= 15 is 0 Å². The summed E-state index contributed by atoms with van der Waals surface area (Å²) in [6.45, 7) is 1.60. The molecule has 0 radical (unpaired) electrons. The zero-order valence-corrected chi connectivity index (χ0v) is 11.9. The molecule has 2 rings (SSSR count). The molecular formula is C11H10ClF3N4S. The first-order valence-corrected chi connectivity index (χ1v) is 6.37. The van der Waals surface area contributed by atoms with Gasteiger partial charge in [-0.3, -0.25) is 0 Å². The lowest BCUT2D eigenvalue weighted by molar-refractivity contribution is -0.147. The number of halogens is 4. The standard InChI is InChI=1S/C11H10ClF3N4S/c1-5(8(16)20)4-19-9-7(2-6(12)3-17-9)18-10(19)11(13,14)15/h2-3,5H,4H2,1H3,(H2,16,20). The van der Waals surface area contributed by atoms with Crippen molar-refractivity contribution in [3.05, 3.63) is 23.1 Å². The Labute approximate surface area is 122 Å².